The Bertz CT molecular complexity index is 692. The smallest absolute Gasteiger partial charge is 0.268 e. The van der Waals surface area contributed by atoms with E-state index in [0.717, 1.165) is 5.56 Å². The molecule has 2 amide bonds. The van der Waals surface area contributed by atoms with Gasteiger partial charge in [-0.15, -0.1) is 0 Å². The van der Waals surface area contributed by atoms with E-state index in [1.807, 2.05) is 50.2 Å². The quantitative estimate of drug-likeness (QED) is 0.834. The summed E-state index contributed by atoms with van der Waals surface area (Å²) >= 11 is 0. The molecule has 2 aromatic rings. The number of benzene rings is 2. The molecule has 23 heavy (non-hydrogen) atoms. The van der Waals surface area contributed by atoms with E-state index in [-0.39, 0.29) is 23.6 Å². The van der Waals surface area contributed by atoms with Crippen LogP contribution in [0.3, 0.4) is 0 Å². The topological polar surface area (TPSA) is 58.2 Å². The highest BCUT2D eigenvalue weighted by Gasteiger charge is 2.15. The third-order valence-electron chi connectivity index (χ3n) is 3.06. The molecule has 4 nitrogen and oxygen atoms in total. The molecule has 2 aromatic carbocycles. The standard InChI is InChI=1S/C19H20N2O2/c1-14(2)20-19(23)17(13-15-9-5-3-6-10-15)21-18(22)16-11-7-4-8-12-16/h3-14H,1-2H3,(H,20,23)(H,21,22)/b17-13-. The molecule has 2 N–H and O–H groups in total. The maximum atomic E-state index is 12.3. The van der Waals surface area contributed by atoms with Gasteiger partial charge in [0.2, 0.25) is 0 Å². The lowest BCUT2D eigenvalue weighted by Crippen LogP contribution is -2.38. The van der Waals surface area contributed by atoms with Crippen LogP contribution in [0.1, 0.15) is 29.8 Å². The van der Waals surface area contributed by atoms with E-state index in [1.54, 1.807) is 30.3 Å². The molecular formula is C19H20N2O2. The van der Waals surface area contributed by atoms with Crippen molar-refractivity contribution < 1.29 is 9.59 Å². The maximum Gasteiger partial charge on any atom is 0.268 e. The van der Waals surface area contributed by atoms with Gasteiger partial charge in [-0.1, -0.05) is 48.5 Å². The molecule has 0 radical (unpaired) electrons. The van der Waals surface area contributed by atoms with Crippen molar-refractivity contribution in [2.24, 2.45) is 0 Å². The van der Waals surface area contributed by atoms with Crippen LogP contribution >= 0.6 is 0 Å². The molecule has 0 atom stereocenters. The van der Waals surface area contributed by atoms with Gasteiger partial charge in [-0.2, -0.15) is 0 Å². The lowest BCUT2D eigenvalue weighted by molar-refractivity contribution is -0.118. The van der Waals surface area contributed by atoms with Gasteiger partial charge < -0.3 is 10.6 Å². The number of carbonyl (C=O) groups is 2. The van der Waals surface area contributed by atoms with Gasteiger partial charge in [0.05, 0.1) is 0 Å². The van der Waals surface area contributed by atoms with Crippen molar-refractivity contribution in [3.8, 4) is 0 Å². The molecule has 4 heteroatoms. The van der Waals surface area contributed by atoms with Gasteiger partial charge in [0.15, 0.2) is 0 Å². The van der Waals surface area contributed by atoms with Gasteiger partial charge in [0, 0.05) is 11.6 Å². The fourth-order valence-electron chi connectivity index (χ4n) is 2.00. The summed E-state index contributed by atoms with van der Waals surface area (Å²) in [5.74, 6) is -0.625. The molecule has 0 aliphatic carbocycles. The Morgan fingerprint density at radius 3 is 2.04 bits per heavy atom. The number of hydrogen-bond donors (Lipinski definition) is 2. The zero-order valence-electron chi connectivity index (χ0n) is 13.2. The summed E-state index contributed by atoms with van der Waals surface area (Å²) < 4.78 is 0. The molecule has 0 heterocycles. The fraction of sp³-hybridized carbons (Fsp3) is 0.158. The minimum absolute atomic E-state index is 0.0182. The molecule has 0 fully saturated rings. The van der Waals surface area contributed by atoms with Crippen LogP contribution in [0.4, 0.5) is 0 Å². The number of nitrogens with one attached hydrogen (secondary N) is 2. The average molecular weight is 308 g/mol. The first-order valence-corrected chi connectivity index (χ1v) is 7.50. The largest absolute Gasteiger partial charge is 0.349 e. The molecule has 0 spiro atoms. The molecule has 0 aromatic heterocycles. The molecule has 118 valence electrons. The Morgan fingerprint density at radius 2 is 1.48 bits per heavy atom. The minimum atomic E-state index is -0.313. The molecule has 2 rings (SSSR count). The Morgan fingerprint density at radius 1 is 0.913 bits per heavy atom. The second-order valence-electron chi connectivity index (χ2n) is 5.42. The summed E-state index contributed by atoms with van der Waals surface area (Å²) in [7, 11) is 0. The van der Waals surface area contributed by atoms with Crippen molar-refractivity contribution in [3.05, 3.63) is 77.5 Å². The van der Waals surface area contributed by atoms with Gasteiger partial charge >= 0.3 is 0 Å². The highest BCUT2D eigenvalue weighted by atomic mass is 16.2. The lowest BCUT2D eigenvalue weighted by Gasteiger charge is -2.13. The second-order valence-corrected chi connectivity index (χ2v) is 5.42. The maximum absolute atomic E-state index is 12.3. The van der Waals surface area contributed by atoms with Crippen LogP contribution in [0.2, 0.25) is 0 Å². The van der Waals surface area contributed by atoms with Gasteiger partial charge in [0.1, 0.15) is 5.70 Å². The first-order chi connectivity index (χ1) is 11.1. The first kappa shape index (κ1) is 16.5. The van der Waals surface area contributed by atoms with Crippen LogP contribution < -0.4 is 10.6 Å². The van der Waals surface area contributed by atoms with Crippen molar-refractivity contribution in [1.82, 2.24) is 10.6 Å². The lowest BCUT2D eigenvalue weighted by atomic mass is 10.1. The van der Waals surface area contributed by atoms with Gasteiger partial charge in [-0.25, -0.2) is 0 Å². The van der Waals surface area contributed by atoms with Crippen molar-refractivity contribution in [2.75, 3.05) is 0 Å². The van der Waals surface area contributed by atoms with Crippen molar-refractivity contribution >= 4 is 17.9 Å². The first-order valence-electron chi connectivity index (χ1n) is 7.50. The summed E-state index contributed by atoms with van der Waals surface area (Å²) in [5.41, 5.74) is 1.57. The summed E-state index contributed by atoms with van der Waals surface area (Å²) in [6.45, 7) is 3.74. The van der Waals surface area contributed by atoms with Crippen LogP contribution in [-0.4, -0.2) is 17.9 Å². The van der Waals surface area contributed by atoms with Crippen molar-refractivity contribution in [1.29, 1.82) is 0 Å². The predicted octanol–water partition coefficient (Wildman–Crippen LogP) is 2.98. The monoisotopic (exact) mass is 308 g/mol. The van der Waals surface area contributed by atoms with E-state index in [0.29, 0.717) is 5.56 Å². The van der Waals surface area contributed by atoms with Crippen molar-refractivity contribution in [3.63, 3.8) is 0 Å². The predicted molar refractivity (Wildman–Crippen MR) is 91.6 cm³/mol. The van der Waals surface area contributed by atoms with Crippen LogP contribution in [-0.2, 0) is 4.79 Å². The zero-order valence-corrected chi connectivity index (χ0v) is 13.2. The highest BCUT2D eigenvalue weighted by molar-refractivity contribution is 6.05. The highest BCUT2D eigenvalue weighted by Crippen LogP contribution is 2.07. The summed E-state index contributed by atoms with van der Waals surface area (Å²) in [5, 5.41) is 5.50. The third kappa shape index (κ3) is 5.11. The van der Waals surface area contributed by atoms with Crippen molar-refractivity contribution in [2.45, 2.75) is 19.9 Å². The van der Waals surface area contributed by atoms with E-state index >= 15 is 0 Å². The normalized spacial score (nSPS) is 11.2. The van der Waals surface area contributed by atoms with Crippen LogP contribution in [0.15, 0.2) is 66.4 Å². The third-order valence-corrected chi connectivity index (χ3v) is 3.06. The van der Waals surface area contributed by atoms with E-state index in [1.165, 1.54) is 0 Å². The molecule has 0 bridgehead atoms. The average Bonchev–Trinajstić information content (AvgIpc) is 2.55. The van der Waals surface area contributed by atoms with E-state index in [4.69, 9.17) is 0 Å². The SMILES string of the molecule is CC(C)NC(=O)/C(=C/c1ccccc1)NC(=O)c1ccccc1. The molecule has 0 aliphatic rings. The molecule has 0 aliphatic heterocycles. The molecule has 0 saturated heterocycles. The van der Waals surface area contributed by atoms with E-state index in [2.05, 4.69) is 10.6 Å². The summed E-state index contributed by atoms with van der Waals surface area (Å²) in [6, 6.07) is 18.2. The summed E-state index contributed by atoms with van der Waals surface area (Å²) in [4.78, 5) is 24.6. The zero-order chi connectivity index (χ0) is 16.7. The minimum Gasteiger partial charge on any atom is -0.349 e. The number of amides is 2. The molecule has 0 saturated carbocycles. The van der Waals surface area contributed by atoms with Crippen LogP contribution in [0.5, 0.6) is 0 Å². The van der Waals surface area contributed by atoms with Gasteiger partial charge in [0.25, 0.3) is 11.8 Å². The Balaban J connectivity index is 2.25. The Hall–Kier alpha value is -2.88. The second kappa shape index (κ2) is 7.94. The Labute approximate surface area is 136 Å². The number of rotatable bonds is 5. The van der Waals surface area contributed by atoms with E-state index in [9.17, 15) is 9.59 Å². The molecular weight excluding hydrogens is 288 g/mol. The number of hydrogen-bond acceptors (Lipinski definition) is 2. The van der Waals surface area contributed by atoms with Crippen LogP contribution in [0, 0.1) is 0 Å². The van der Waals surface area contributed by atoms with Crippen LogP contribution in [0.25, 0.3) is 6.08 Å². The summed E-state index contributed by atoms with van der Waals surface area (Å²) in [6.07, 6.45) is 1.67. The molecule has 0 unspecified atom stereocenters. The number of carbonyl (C=O) groups excluding carboxylic acids is 2. The fourth-order valence-corrected chi connectivity index (χ4v) is 2.00. The van der Waals surface area contributed by atoms with Gasteiger partial charge in [-0.3, -0.25) is 9.59 Å². The Kier molecular flexibility index (Phi) is 5.69. The van der Waals surface area contributed by atoms with E-state index < -0.39 is 0 Å². The van der Waals surface area contributed by atoms with Gasteiger partial charge in [-0.05, 0) is 37.6 Å².